The summed E-state index contributed by atoms with van der Waals surface area (Å²) in [6.07, 6.45) is 0. The van der Waals surface area contributed by atoms with E-state index in [1.807, 2.05) is 40.8 Å². The van der Waals surface area contributed by atoms with Crippen molar-refractivity contribution in [2.45, 2.75) is 6.92 Å². The molecular weight excluding hydrogens is 394 g/mol. The number of nitrogens with zero attached hydrogens (tertiary/aromatic N) is 4. The molecule has 1 saturated heterocycles. The predicted octanol–water partition coefficient (Wildman–Crippen LogP) is 2.52. The van der Waals surface area contributed by atoms with E-state index in [1.165, 1.54) is 0 Å². The molecule has 152 valence electrons. The number of amides is 2. The minimum absolute atomic E-state index is 0.0872. The first-order chi connectivity index (χ1) is 13.9. The van der Waals surface area contributed by atoms with Crippen molar-refractivity contribution in [3.8, 4) is 0 Å². The van der Waals surface area contributed by atoms with Gasteiger partial charge in [0, 0.05) is 50.2 Å². The van der Waals surface area contributed by atoms with Crippen LogP contribution in [0.2, 0.25) is 5.02 Å². The van der Waals surface area contributed by atoms with Gasteiger partial charge in [0.1, 0.15) is 11.5 Å². The highest BCUT2D eigenvalue weighted by Crippen LogP contribution is 2.30. The third-order valence-electron chi connectivity index (χ3n) is 5.17. The molecule has 4 rings (SSSR count). The van der Waals surface area contributed by atoms with Gasteiger partial charge in [-0.15, -0.1) is 0 Å². The molecule has 0 saturated carbocycles. The number of benzene rings is 1. The molecule has 0 bridgehead atoms. The SMILES string of the molecule is Cc1cc(NC(=O)CN2CCN(C(=O)c3c(Cl)c4ccccc4n3C)CC2)no1. The summed E-state index contributed by atoms with van der Waals surface area (Å²) in [5, 5.41) is 7.83. The fraction of sp³-hybridized carbons (Fsp3) is 0.350. The Morgan fingerprint density at radius 2 is 1.93 bits per heavy atom. The van der Waals surface area contributed by atoms with E-state index in [-0.39, 0.29) is 18.4 Å². The van der Waals surface area contributed by atoms with Crippen molar-refractivity contribution >= 4 is 40.1 Å². The van der Waals surface area contributed by atoms with Gasteiger partial charge in [-0.3, -0.25) is 14.5 Å². The average Bonchev–Trinajstić information content (AvgIpc) is 3.23. The van der Waals surface area contributed by atoms with Crippen LogP contribution in [0.4, 0.5) is 5.82 Å². The molecule has 29 heavy (non-hydrogen) atoms. The van der Waals surface area contributed by atoms with Crippen molar-refractivity contribution in [2.24, 2.45) is 7.05 Å². The lowest BCUT2D eigenvalue weighted by molar-refractivity contribution is -0.117. The minimum atomic E-state index is -0.158. The number of anilines is 1. The molecule has 0 unspecified atom stereocenters. The van der Waals surface area contributed by atoms with E-state index in [1.54, 1.807) is 17.9 Å². The maximum Gasteiger partial charge on any atom is 0.272 e. The zero-order valence-corrected chi connectivity index (χ0v) is 17.1. The molecular formula is C20H22ClN5O3. The number of hydrogen-bond donors (Lipinski definition) is 1. The quantitative estimate of drug-likeness (QED) is 0.707. The third kappa shape index (κ3) is 3.86. The summed E-state index contributed by atoms with van der Waals surface area (Å²) in [5.41, 5.74) is 1.43. The summed E-state index contributed by atoms with van der Waals surface area (Å²) in [6, 6.07) is 9.37. The van der Waals surface area contributed by atoms with Gasteiger partial charge >= 0.3 is 0 Å². The van der Waals surface area contributed by atoms with E-state index in [9.17, 15) is 9.59 Å². The molecule has 1 aliphatic heterocycles. The monoisotopic (exact) mass is 415 g/mol. The molecule has 1 aromatic carbocycles. The van der Waals surface area contributed by atoms with Crippen LogP contribution in [0.5, 0.6) is 0 Å². The summed E-state index contributed by atoms with van der Waals surface area (Å²) in [7, 11) is 1.85. The third-order valence-corrected chi connectivity index (χ3v) is 5.55. The molecule has 1 aliphatic rings. The maximum atomic E-state index is 13.1. The molecule has 2 aromatic heterocycles. The zero-order chi connectivity index (χ0) is 20.5. The second kappa shape index (κ2) is 7.88. The van der Waals surface area contributed by atoms with E-state index in [2.05, 4.69) is 10.5 Å². The molecule has 0 radical (unpaired) electrons. The number of piperazine rings is 1. The van der Waals surface area contributed by atoms with Gasteiger partial charge in [-0.2, -0.15) is 0 Å². The van der Waals surface area contributed by atoms with Gasteiger partial charge in [0.25, 0.3) is 5.91 Å². The fourth-order valence-electron chi connectivity index (χ4n) is 3.65. The van der Waals surface area contributed by atoms with E-state index in [0.717, 1.165) is 10.9 Å². The van der Waals surface area contributed by atoms with Gasteiger partial charge in [0.15, 0.2) is 5.82 Å². The van der Waals surface area contributed by atoms with E-state index >= 15 is 0 Å². The van der Waals surface area contributed by atoms with Crippen LogP contribution in [0.1, 0.15) is 16.2 Å². The Kier molecular flexibility index (Phi) is 5.29. The van der Waals surface area contributed by atoms with Crippen LogP contribution in [0.15, 0.2) is 34.9 Å². The molecule has 2 amide bonds. The standard InChI is InChI=1S/C20H22ClN5O3/c1-13-11-16(23-29-13)22-17(27)12-25-7-9-26(10-8-25)20(28)19-18(21)14-5-3-4-6-15(14)24(19)2/h3-6,11H,7-10,12H2,1-2H3,(H,22,23,27). The smallest absolute Gasteiger partial charge is 0.272 e. The highest BCUT2D eigenvalue weighted by atomic mass is 35.5. The highest BCUT2D eigenvalue weighted by Gasteiger charge is 2.28. The first kappa shape index (κ1) is 19.5. The Morgan fingerprint density at radius 3 is 2.59 bits per heavy atom. The molecule has 1 fully saturated rings. The van der Waals surface area contributed by atoms with Gasteiger partial charge in [-0.05, 0) is 13.0 Å². The zero-order valence-electron chi connectivity index (χ0n) is 16.3. The van der Waals surface area contributed by atoms with Crippen LogP contribution < -0.4 is 5.32 Å². The van der Waals surface area contributed by atoms with E-state index < -0.39 is 0 Å². The first-order valence-electron chi connectivity index (χ1n) is 9.41. The first-order valence-corrected chi connectivity index (χ1v) is 9.79. The number of hydrogen-bond acceptors (Lipinski definition) is 5. The fourth-order valence-corrected chi connectivity index (χ4v) is 4.02. The Balaban J connectivity index is 1.37. The van der Waals surface area contributed by atoms with Crippen LogP contribution >= 0.6 is 11.6 Å². The Labute approximate surface area is 173 Å². The summed E-state index contributed by atoms with van der Waals surface area (Å²) < 4.78 is 6.79. The van der Waals surface area contributed by atoms with Crippen molar-refractivity contribution in [2.75, 3.05) is 38.0 Å². The Morgan fingerprint density at radius 1 is 1.21 bits per heavy atom. The van der Waals surface area contributed by atoms with Crippen molar-refractivity contribution in [3.05, 3.63) is 46.8 Å². The maximum absolute atomic E-state index is 13.1. The molecule has 0 aliphatic carbocycles. The van der Waals surface area contributed by atoms with Crippen LogP contribution in [0.25, 0.3) is 10.9 Å². The molecule has 0 spiro atoms. The number of aromatic nitrogens is 2. The van der Waals surface area contributed by atoms with E-state index in [4.69, 9.17) is 16.1 Å². The van der Waals surface area contributed by atoms with E-state index in [0.29, 0.717) is 48.5 Å². The van der Waals surface area contributed by atoms with Gasteiger partial charge in [0.05, 0.1) is 11.6 Å². The summed E-state index contributed by atoms with van der Waals surface area (Å²) in [5.74, 6) is 0.803. The lowest BCUT2D eigenvalue weighted by Crippen LogP contribution is -2.50. The second-order valence-corrected chi connectivity index (χ2v) is 7.56. The van der Waals surface area contributed by atoms with Crippen molar-refractivity contribution in [1.29, 1.82) is 0 Å². The normalized spacial score (nSPS) is 15.1. The van der Waals surface area contributed by atoms with Crippen LogP contribution in [0.3, 0.4) is 0 Å². The Hall–Kier alpha value is -2.84. The second-order valence-electron chi connectivity index (χ2n) is 7.18. The molecule has 3 aromatic rings. The number of fused-ring (bicyclic) bond motifs is 1. The van der Waals surface area contributed by atoms with Gasteiger partial charge in [-0.1, -0.05) is 35.0 Å². The summed E-state index contributed by atoms with van der Waals surface area (Å²) in [4.78, 5) is 29.1. The average molecular weight is 416 g/mol. The largest absolute Gasteiger partial charge is 0.360 e. The molecule has 3 heterocycles. The van der Waals surface area contributed by atoms with Crippen LogP contribution in [-0.4, -0.2) is 64.1 Å². The van der Waals surface area contributed by atoms with Gasteiger partial charge in [0.2, 0.25) is 5.91 Å². The number of carbonyl (C=O) groups is 2. The number of halogens is 1. The number of para-hydroxylation sites is 1. The summed E-state index contributed by atoms with van der Waals surface area (Å²) >= 11 is 6.51. The molecule has 1 N–H and O–H groups in total. The number of carbonyl (C=O) groups excluding carboxylic acids is 2. The molecule has 0 atom stereocenters. The Bertz CT molecular complexity index is 1030. The molecule has 8 nitrogen and oxygen atoms in total. The van der Waals surface area contributed by atoms with Crippen molar-refractivity contribution in [1.82, 2.24) is 19.5 Å². The van der Waals surface area contributed by atoms with Crippen molar-refractivity contribution < 1.29 is 14.1 Å². The lowest BCUT2D eigenvalue weighted by Gasteiger charge is -2.34. The highest BCUT2D eigenvalue weighted by molar-refractivity contribution is 6.38. The van der Waals surface area contributed by atoms with Crippen LogP contribution in [0, 0.1) is 6.92 Å². The van der Waals surface area contributed by atoms with Crippen molar-refractivity contribution in [3.63, 3.8) is 0 Å². The van der Waals surface area contributed by atoms with Gasteiger partial charge < -0.3 is 19.3 Å². The number of aryl methyl sites for hydroxylation is 2. The lowest BCUT2D eigenvalue weighted by atomic mass is 10.2. The number of rotatable bonds is 4. The predicted molar refractivity (Wildman–Crippen MR) is 110 cm³/mol. The van der Waals surface area contributed by atoms with Gasteiger partial charge in [-0.25, -0.2) is 0 Å². The molecule has 9 heteroatoms. The summed E-state index contributed by atoms with van der Waals surface area (Å²) in [6.45, 7) is 4.29. The number of nitrogens with one attached hydrogen (secondary N) is 1. The topological polar surface area (TPSA) is 83.6 Å². The minimum Gasteiger partial charge on any atom is -0.360 e. The van der Waals surface area contributed by atoms with Crippen LogP contribution in [-0.2, 0) is 11.8 Å².